The van der Waals surface area contributed by atoms with Gasteiger partial charge in [0.1, 0.15) is 11.3 Å². The lowest BCUT2D eigenvalue weighted by Crippen LogP contribution is -2.11. The number of hydrogen-bond donors (Lipinski definition) is 0. The first kappa shape index (κ1) is 19.4. The van der Waals surface area contributed by atoms with E-state index in [0.29, 0.717) is 23.2 Å². The van der Waals surface area contributed by atoms with Crippen LogP contribution in [0.4, 0.5) is 8.78 Å². The zero-order valence-corrected chi connectivity index (χ0v) is 16.6. The Morgan fingerprint density at radius 1 is 1.00 bits per heavy atom. The summed E-state index contributed by atoms with van der Waals surface area (Å²) in [5.74, 6) is -0.593. The normalized spacial score (nSPS) is 12.7. The van der Waals surface area contributed by atoms with Crippen LogP contribution in [0.2, 0.25) is 0 Å². The molecule has 0 spiro atoms. The minimum absolute atomic E-state index is 0.0394. The second kappa shape index (κ2) is 8.19. The molecule has 7 heteroatoms. The Hall–Kier alpha value is -2.96. The number of unbranched alkanes of at least 4 members (excludes halogenated alkanes) is 1. The molecule has 0 aliphatic rings. The summed E-state index contributed by atoms with van der Waals surface area (Å²) in [5.41, 5.74) is 2.18. The highest BCUT2D eigenvalue weighted by atomic mass is 19.2. The Morgan fingerprint density at radius 2 is 1.83 bits per heavy atom. The van der Waals surface area contributed by atoms with Crippen molar-refractivity contribution in [2.45, 2.75) is 52.0 Å². The third-order valence-corrected chi connectivity index (χ3v) is 5.40. The summed E-state index contributed by atoms with van der Waals surface area (Å²) in [6.07, 6.45) is 9.03. The van der Waals surface area contributed by atoms with Crippen LogP contribution in [0.25, 0.3) is 22.2 Å². The molecule has 4 aromatic rings. The van der Waals surface area contributed by atoms with Gasteiger partial charge in [-0.05, 0) is 36.6 Å². The first-order chi connectivity index (χ1) is 14.1. The van der Waals surface area contributed by atoms with E-state index in [4.69, 9.17) is 4.98 Å². The number of fused-ring (bicyclic) bond motifs is 2. The summed E-state index contributed by atoms with van der Waals surface area (Å²) in [4.78, 5) is 17.7. The van der Waals surface area contributed by atoms with Gasteiger partial charge < -0.3 is 4.57 Å². The van der Waals surface area contributed by atoms with Crippen LogP contribution in [0, 0.1) is 11.6 Å². The van der Waals surface area contributed by atoms with Crippen molar-refractivity contribution >= 4 is 22.2 Å². The number of hydrogen-bond acceptors (Lipinski definition) is 4. The molecule has 3 aromatic heterocycles. The van der Waals surface area contributed by atoms with E-state index in [0.717, 1.165) is 43.1 Å². The summed E-state index contributed by atoms with van der Waals surface area (Å²) < 4.78 is 29.9. The Labute approximate surface area is 167 Å². The molecule has 0 fully saturated rings. The SMILES string of the molecule is CCCCC(CC)c1nc2nccnc2n1Cc1ccnc2c(F)c(F)ccc12. The van der Waals surface area contributed by atoms with Crippen molar-refractivity contribution in [3.8, 4) is 0 Å². The van der Waals surface area contributed by atoms with Crippen LogP contribution < -0.4 is 0 Å². The van der Waals surface area contributed by atoms with Gasteiger partial charge in [-0.1, -0.05) is 26.7 Å². The summed E-state index contributed by atoms with van der Waals surface area (Å²) >= 11 is 0. The number of aromatic nitrogens is 5. The van der Waals surface area contributed by atoms with Crippen LogP contribution in [-0.4, -0.2) is 24.5 Å². The average molecular weight is 395 g/mol. The Bertz CT molecular complexity index is 1150. The number of rotatable bonds is 7. The quantitative estimate of drug-likeness (QED) is 0.421. The molecule has 0 amide bonds. The van der Waals surface area contributed by atoms with Crippen LogP contribution in [0.1, 0.15) is 56.8 Å². The minimum atomic E-state index is -0.922. The van der Waals surface area contributed by atoms with Crippen molar-refractivity contribution in [1.82, 2.24) is 24.5 Å². The van der Waals surface area contributed by atoms with Gasteiger partial charge in [-0.15, -0.1) is 0 Å². The predicted molar refractivity (Wildman–Crippen MR) is 109 cm³/mol. The molecule has 3 heterocycles. The third kappa shape index (κ3) is 3.57. The standard InChI is InChI=1S/C22H23F2N5/c1-3-5-6-14(4-2)21-28-20-22(27-12-11-26-20)29(21)13-15-9-10-25-19-16(15)7-8-17(23)18(19)24/h7-12,14H,3-6,13H2,1-2H3. The number of pyridine rings is 1. The number of nitrogens with zero attached hydrogens (tertiary/aromatic N) is 5. The fourth-order valence-corrected chi connectivity index (χ4v) is 3.83. The second-order valence-electron chi connectivity index (χ2n) is 7.23. The van der Waals surface area contributed by atoms with Gasteiger partial charge in [0.05, 0.1) is 6.54 Å². The highest BCUT2D eigenvalue weighted by Crippen LogP contribution is 2.29. The van der Waals surface area contributed by atoms with E-state index in [9.17, 15) is 8.78 Å². The van der Waals surface area contributed by atoms with Gasteiger partial charge in [0.25, 0.3) is 0 Å². The van der Waals surface area contributed by atoms with E-state index < -0.39 is 11.6 Å². The van der Waals surface area contributed by atoms with E-state index in [1.807, 2.05) is 6.07 Å². The summed E-state index contributed by atoms with van der Waals surface area (Å²) in [6, 6.07) is 4.55. The van der Waals surface area contributed by atoms with Crippen LogP contribution in [0.15, 0.2) is 36.8 Å². The van der Waals surface area contributed by atoms with E-state index >= 15 is 0 Å². The van der Waals surface area contributed by atoms with Crippen molar-refractivity contribution in [2.75, 3.05) is 0 Å². The summed E-state index contributed by atoms with van der Waals surface area (Å²) in [6.45, 7) is 4.78. The monoisotopic (exact) mass is 395 g/mol. The number of halogens is 2. The average Bonchev–Trinajstić information content (AvgIpc) is 3.10. The number of benzene rings is 1. The van der Waals surface area contributed by atoms with Crippen LogP contribution in [0.5, 0.6) is 0 Å². The molecule has 0 saturated heterocycles. The van der Waals surface area contributed by atoms with E-state index in [-0.39, 0.29) is 11.4 Å². The Balaban J connectivity index is 1.85. The van der Waals surface area contributed by atoms with Gasteiger partial charge in [0.2, 0.25) is 0 Å². The maximum absolute atomic E-state index is 14.2. The molecular weight excluding hydrogens is 372 g/mol. The molecule has 4 rings (SSSR count). The largest absolute Gasteiger partial charge is 0.307 e. The van der Waals surface area contributed by atoms with Crippen LogP contribution in [-0.2, 0) is 6.54 Å². The summed E-state index contributed by atoms with van der Waals surface area (Å²) in [5, 5.41) is 0.588. The fraction of sp³-hybridized carbons (Fsp3) is 0.364. The first-order valence-corrected chi connectivity index (χ1v) is 10.0. The molecule has 0 saturated carbocycles. The zero-order chi connectivity index (χ0) is 20.4. The molecule has 5 nitrogen and oxygen atoms in total. The van der Waals surface area contributed by atoms with E-state index in [2.05, 4.69) is 33.4 Å². The van der Waals surface area contributed by atoms with Crippen molar-refractivity contribution in [1.29, 1.82) is 0 Å². The molecule has 1 aromatic carbocycles. The lowest BCUT2D eigenvalue weighted by atomic mass is 9.98. The lowest BCUT2D eigenvalue weighted by molar-refractivity contribution is 0.515. The van der Waals surface area contributed by atoms with Gasteiger partial charge in [-0.3, -0.25) is 4.98 Å². The molecular formula is C22H23F2N5. The number of imidazole rings is 1. The molecule has 0 bridgehead atoms. The smallest absolute Gasteiger partial charge is 0.197 e. The molecule has 0 N–H and O–H groups in total. The van der Waals surface area contributed by atoms with E-state index in [1.54, 1.807) is 18.5 Å². The van der Waals surface area contributed by atoms with E-state index in [1.165, 1.54) is 6.20 Å². The Morgan fingerprint density at radius 3 is 2.62 bits per heavy atom. The Kier molecular flexibility index (Phi) is 5.47. The van der Waals surface area contributed by atoms with Crippen molar-refractivity contribution in [2.24, 2.45) is 0 Å². The second-order valence-corrected chi connectivity index (χ2v) is 7.23. The minimum Gasteiger partial charge on any atom is -0.307 e. The van der Waals surface area contributed by atoms with Crippen molar-refractivity contribution < 1.29 is 8.78 Å². The molecule has 1 atom stereocenters. The topological polar surface area (TPSA) is 56.5 Å². The maximum atomic E-state index is 14.2. The molecule has 150 valence electrons. The van der Waals surface area contributed by atoms with Crippen LogP contribution in [0.3, 0.4) is 0 Å². The van der Waals surface area contributed by atoms with Crippen molar-refractivity contribution in [3.63, 3.8) is 0 Å². The van der Waals surface area contributed by atoms with Gasteiger partial charge in [0, 0.05) is 29.9 Å². The first-order valence-electron chi connectivity index (χ1n) is 10.0. The highest BCUT2D eigenvalue weighted by molar-refractivity contribution is 5.82. The molecule has 29 heavy (non-hydrogen) atoms. The van der Waals surface area contributed by atoms with Gasteiger partial charge >= 0.3 is 0 Å². The molecule has 1 unspecified atom stereocenters. The van der Waals surface area contributed by atoms with Crippen molar-refractivity contribution in [3.05, 3.63) is 59.8 Å². The van der Waals surface area contributed by atoms with Gasteiger partial charge in [0.15, 0.2) is 22.9 Å². The zero-order valence-electron chi connectivity index (χ0n) is 16.6. The molecule has 0 aliphatic carbocycles. The third-order valence-electron chi connectivity index (χ3n) is 5.40. The summed E-state index contributed by atoms with van der Waals surface area (Å²) in [7, 11) is 0. The van der Waals surface area contributed by atoms with Gasteiger partial charge in [-0.25, -0.2) is 23.7 Å². The maximum Gasteiger partial charge on any atom is 0.197 e. The van der Waals surface area contributed by atoms with Crippen LogP contribution >= 0.6 is 0 Å². The predicted octanol–water partition coefficient (Wildman–Crippen LogP) is 5.38. The lowest BCUT2D eigenvalue weighted by Gasteiger charge is -2.17. The molecule has 0 aliphatic heterocycles. The highest BCUT2D eigenvalue weighted by Gasteiger charge is 2.21. The van der Waals surface area contributed by atoms with Gasteiger partial charge in [-0.2, -0.15) is 0 Å². The molecule has 0 radical (unpaired) electrons. The fourth-order valence-electron chi connectivity index (χ4n) is 3.83.